The predicted octanol–water partition coefficient (Wildman–Crippen LogP) is 6.40. The Bertz CT molecular complexity index is 267. The van der Waals surface area contributed by atoms with E-state index in [9.17, 15) is 0 Å². The third kappa shape index (κ3) is 3.11. The van der Waals surface area contributed by atoms with Gasteiger partial charge >= 0.3 is 0 Å². The Morgan fingerprint density at radius 3 is 1.11 bits per heavy atom. The molecule has 0 aliphatic rings. The van der Waals surface area contributed by atoms with Crippen LogP contribution in [0.15, 0.2) is 0 Å². The summed E-state index contributed by atoms with van der Waals surface area (Å²) in [5, 5.41) is 0. The van der Waals surface area contributed by atoms with Gasteiger partial charge in [0.1, 0.15) is 0 Å². The van der Waals surface area contributed by atoms with Crippen molar-refractivity contribution in [2.75, 3.05) is 0 Å². The van der Waals surface area contributed by atoms with E-state index in [-0.39, 0.29) is 0 Å². The second-order valence-electron chi connectivity index (χ2n) is 9.54. The Morgan fingerprint density at radius 2 is 0.889 bits per heavy atom. The molecule has 0 heteroatoms. The lowest BCUT2D eigenvalue weighted by Crippen LogP contribution is -2.49. The van der Waals surface area contributed by atoms with Crippen molar-refractivity contribution in [2.24, 2.45) is 33.5 Å². The highest BCUT2D eigenvalue weighted by molar-refractivity contribution is 4.98. The minimum Gasteiger partial charge on any atom is -0.0617 e. The maximum atomic E-state index is 2.46. The molecule has 0 aromatic heterocycles. The van der Waals surface area contributed by atoms with Crippen molar-refractivity contribution in [3.05, 3.63) is 0 Å². The summed E-state index contributed by atoms with van der Waals surface area (Å²) in [7, 11) is 0. The Hall–Kier alpha value is 0. The Labute approximate surface area is 117 Å². The molecule has 0 fully saturated rings. The van der Waals surface area contributed by atoms with Crippen LogP contribution >= 0.6 is 0 Å². The van der Waals surface area contributed by atoms with Crippen LogP contribution in [0.2, 0.25) is 0 Å². The van der Waals surface area contributed by atoms with Crippen molar-refractivity contribution in [3.63, 3.8) is 0 Å². The molecule has 0 amide bonds. The molecular formula is C18H38. The third-order valence-corrected chi connectivity index (χ3v) is 6.74. The summed E-state index contributed by atoms with van der Waals surface area (Å²) in [4.78, 5) is 0. The first-order chi connectivity index (χ1) is 7.57. The van der Waals surface area contributed by atoms with Gasteiger partial charge in [-0.25, -0.2) is 0 Å². The summed E-state index contributed by atoms with van der Waals surface area (Å²) in [5.74, 6) is 1.42. The minimum atomic E-state index is 0.304. The summed E-state index contributed by atoms with van der Waals surface area (Å²) in [6.45, 7) is 28.9. The van der Waals surface area contributed by atoms with E-state index in [1.165, 1.54) is 0 Å². The maximum Gasteiger partial charge on any atom is -0.0252 e. The van der Waals surface area contributed by atoms with E-state index in [1.54, 1.807) is 0 Å². The molecular weight excluding hydrogens is 216 g/mol. The zero-order valence-corrected chi connectivity index (χ0v) is 15.2. The summed E-state index contributed by atoms with van der Waals surface area (Å²) < 4.78 is 0. The molecule has 0 aliphatic carbocycles. The molecule has 0 aromatic carbocycles. The van der Waals surface area contributed by atoms with Crippen molar-refractivity contribution in [2.45, 2.75) is 83.1 Å². The van der Waals surface area contributed by atoms with E-state index in [0.29, 0.717) is 33.5 Å². The molecule has 18 heavy (non-hydrogen) atoms. The minimum absolute atomic E-state index is 0.304. The van der Waals surface area contributed by atoms with Gasteiger partial charge in [0.25, 0.3) is 0 Å². The first kappa shape index (κ1) is 18.0. The molecule has 0 rings (SSSR count). The molecule has 0 aliphatic heterocycles. The maximum absolute atomic E-state index is 2.46. The van der Waals surface area contributed by atoms with Gasteiger partial charge in [-0.1, -0.05) is 83.1 Å². The quantitative estimate of drug-likeness (QED) is 0.546. The van der Waals surface area contributed by atoms with Crippen molar-refractivity contribution in [1.82, 2.24) is 0 Å². The van der Waals surface area contributed by atoms with Crippen LogP contribution in [0.1, 0.15) is 83.1 Å². The zero-order valence-electron chi connectivity index (χ0n) is 15.2. The van der Waals surface area contributed by atoms with Crippen LogP contribution in [0.4, 0.5) is 0 Å². The second-order valence-corrected chi connectivity index (χ2v) is 9.54. The van der Waals surface area contributed by atoms with Crippen LogP contribution in [-0.4, -0.2) is 0 Å². The molecule has 0 bridgehead atoms. The SMILES string of the molecule is CC(C(C)C(C)(C)C(C)(C)C(C)(C)C)C(C)(C)C. The molecule has 2 unspecified atom stereocenters. The monoisotopic (exact) mass is 254 g/mol. The van der Waals surface area contributed by atoms with Crippen molar-refractivity contribution in [3.8, 4) is 0 Å². The molecule has 0 N–H and O–H groups in total. The highest BCUT2D eigenvalue weighted by Gasteiger charge is 2.50. The molecule has 0 aromatic rings. The molecule has 0 saturated heterocycles. The molecule has 0 radical (unpaired) electrons. The van der Waals surface area contributed by atoms with E-state index in [2.05, 4.69) is 83.1 Å². The standard InChI is InChI=1S/C18H38/c1-13(15(3,4)5)14(2)17(9,10)18(11,12)16(6,7)8/h13-14H,1-12H3. The van der Waals surface area contributed by atoms with E-state index >= 15 is 0 Å². The van der Waals surface area contributed by atoms with Gasteiger partial charge < -0.3 is 0 Å². The smallest absolute Gasteiger partial charge is 0.0252 e. The largest absolute Gasteiger partial charge is 0.0617 e. The van der Waals surface area contributed by atoms with Gasteiger partial charge in [0.05, 0.1) is 0 Å². The van der Waals surface area contributed by atoms with E-state index in [1.807, 2.05) is 0 Å². The lowest BCUT2D eigenvalue weighted by atomic mass is 9.49. The van der Waals surface area contributed by atoms with Gasteiger partial charge in [-0.3, -0.25) is 0 Å². The van der Waals surface area contributed by atoms with Crippen LogP contribution in [0.5, 0.6) is 0 Å². The summed E-state index contributed by atoms with van der Waals surface area (Å²) in [5.41, 5.74) is 1.32. The Kier molecular flexibility index (Phi) is 4.84. The molecule has 110 valence electrons. The highest BCUT2D eigenvalue weighted by Crippen LogP contribution is 2.57. The first-order valence-electron chi connectivity index (χ1n) is 7.57. The van der Waals surface area contributed by atoms with Crippen molar-refractivity contribution >= 4 is 0 Å². The fourth-order valence-electron chi connectivity index (χ4n) is 2.91. The van der Waals surface area contributed by atoms with E-state index in [0.717, 1.165) is 0 Å². The first-order valence-corrected chi connectivity index (χ1v) is 7.57. The number of hydrogen-bond acceptors (Lipinski definition) is 0. The van der Waals surface area contributed by atoms with Gasteiger partial charge in [0, 0.05) is 0 Å². The topological polar surface area (TPSA) is 0 Å². The normalized spacial score (nSPS) is 18.7. The van der Waals surface area contributed by atoms with E-state index in [4.69, 9.17) is 0 Å². The van der Waals surface area contributed by atoms with Crippen LogP contribution in [0.3, 0.4) is 0 Å². The van der Waals surface area contributed by atoms with Gasteiger partial charge in [0.15, 0.2) is 0 Å². The molecule has 0 spiro atoms. The van der Waals surface area contributed by atoms with Crippen LogP contribution < -0.4 is 0 Å². The van der Waals surface area contributed by atoms with Crippen molar-refractivity contribution in [1.29, 1.82) is 0 Å². The van der Waals surface area contributed by atoms with Crippen LogP contribution in [0, 0.1) is 33.5 Å². The average Bonchev–Trinajstić information content (AvgIpc) is 2.11. The van der Waals surface area contributed by atoms with E-state index < -0.39 is 0 Å². The Morgan fingerprint density at radius 1 is 0.556 bits per heavy atom. The summed E-state index contributed by atoms with van der Waals surface area (Å²) in [6.07, 6.45) is 0. The average molecular weight is 255 g/mol. The van der Waals surface area contributed by atoms with Crippen LogP contribution in [0.25, 0.3) is 0 Å². The molecule has 0 nitrogen and oxygen atoms in total. The fourth-order valence-corrected chi connectivity index (χ4v) is 2.91. The Balaban J connectivity index is 5.40. The highest BCUT2D eigenvalue weighted by atomic mass is 14.5. The molecule has 0 heterocycles. The summed E-state index contributed by atoms with van der Waals surface area (Å²) in [6, 6.07) is 0. The van der Waals surface area contributed by atoms with Gasteiger partial charge in [-0.2, -0.15) is 0 Å². The molecule has 0 saturated carbocycles. The number of rotatable bonds is 3. The fraction of sp³-hybridized carbons (Fsp3) is 1.00. The lowest BCUT2D eigenvalue weighted by Gasteiger charge is -2.56. The zero-order chi connectivity index (χ0) is 15.2. The van der Waals surface area contributed by atoms with Gasteiger partial charge in [0.2, 0.25) is 0 Å². The van der Waals surface area contributed by atoms with Crippen molar-refractivity contribution < 1.29 is 0 Å². The van der Waals surface area contributed by atoms with Crippen LogP contribution in [-0.2, 0) is 0 Å². The lowest BCUT2D eigenvalue weighted by molar-refractivity contribution is -0.0729. The predicted molar refractivity (Wildman–Crippen MR) is 84.8 cm³/mol. The third-order valence-electron chi connectivity index (χ3n) is 6.74. The molecule has 2 atom stereocenters. The van der Waals surface area contributed by atoms with Gasteiger partial charge in [-0.15, -0.1) is 0 Å². The second kappa shape index (κ2) is 4.84. The number of hydrogen-bond donors (Lipinski definition) is 0. The van der Waals surface area contributed by atoms with Gasteiger partial charge in [-0.05, 0) is 33.5 Å². The summed E-state index contributed by atoms with van der Waals surface area (Å²) >= 11 is 0.